The number of aliphatic hydroxyl groups excluding tert-OH is 1. The number of nitrogens with one attached hydrogen (secondary N) is 1. The van der Waals surface area contributed by atoms with Crippen molar-refractivity contribution in [2.75, 3.05) is 19.7 Å². The molecule has 100 valence electrons. The van der Waals surface area contributed by atoms with E-state index in [2.05, 4.69) is 12.2 Å². The van der Waals surface area contributed by atoms with Crippen LogP contribution in [-0.2, 0) is 4.74 Å². The smallest absolute Gasteiger partial charge is 0.0704 e. The Labute approximate surface area is 105 Å². The van der Waals surface area contributed by atoms with Crippen molar-refractivity contribution in [1.82, 2.24) is 5.32 Å². The van der Waals surface area contributed by atoms with E-state index in [0.717, 1.165) is 13.1 Å². The van der Waals surface area contributed by atoms with E-state index >= 15 is 0 Å². The Balaban J connectivity index is 1.63. The van der Waals surface area contributed by atoms with Crippen LogP contribution >= 0.6 is 0 Å². The maximum Gasteiger partial charge on any atom is 0.0704 e. The molecule has 0 bridgehead atoms. The Morgan fingerprint density at radius 3 is 2.47 bits per heavy atom. The third kappa shape index (κ3) is 3.94. The van der Waals surface area contributed by atoms with Crippen LogP contribution in [0.5, 0.6) is 0 Å². The van der Waals surface area contributed by atoms with E-state index in [4.69, 9.17) is 4.74 Å². The molecular formula is C14H27NO2. The molecule has 3 heteroatoms. The maximum atomic E-state index is 9.35. The summed E-state index contributed by atoms with van der Waals surface area (Å²) in [5.74, 6) is 1.20. The van der Waals surface area contributed by atoms with Crippen LogP contribution in [0.25, 0.3) is 0 Å². The molecule has 4 unspecified atom stereocenters. The number of hydrogen-bond donors (Lipinski definition) is 2. The van der Waals surface area contributed by atoms with Crippen molar-refractivity contribution in [3.8, 4) is 0 Å². The second-order valence-electron chi connectivity index (χ2n) is 5.79. The minimum atomic E-state index is 0.364. The summed E-state index contributed by atoms with van der Waals surface area (Å²) in [5.41, 5.74) is 0. The molecule has 0 aromatic rings. The second-order valence-corrected chi connectivity index (χ2v) is 5.79. The van der Waals surface area contributed by atoms with Gasteiger partial charge in [-0.3, -0.25) is 0 Å². The summed E-state index contributed by atoms with van der Waals surface area (Å²) in [6.45, 7) is 4.56. The lowest BCUT2D eigenvalue weighted by atomic mass is 9.79. The van der Waals surface area contributed by atoms with Crippen LogP contribution in [0.15, 0.2) is 0 Å². The zero-order valence-corrected chi connectivity index (χ0v) is 11.0. The van der Waals surface area contributed by atoms with Crippen molar-refractivity contribution < 1.29 is 9.84 Å². The Morgan fingerprint density at radius 2 is 1.82 bits per heavy atom. The van der Waals surface area contributed by atoms with E-state index in [1.165, 1.54) is 38.5 Å². The lowest BCUT2D eigenvalue weighted by Crippen LogP contribution is -2.36. The molecule has 4 atom stereocenters. The minimum Gasteiger partial charge on any atom is -0.396 e. The standard InChI is InChI=1S/C14H27NO2/c1-11-6-7-14(17-11)9-15-8-12-4-2-3-5-13(12)10-16/h11-16H,2-10H2,1H3. The van der Waals surface area contributed by atoms with Gasteiger partial charge in [-0.2, -0.15) is 0 Å². The first-order valence-corrected chi connectivity index (χ1v) is 7.26. The highest BCUT2D eigenvalue weighted by Crippen LogP contribution is 2.29. The molecule has 1 heterocycles. The SMILES string of the molecule is CC1CCC(CNCC2CCCCC2CO)O1. The summed E-state index contributed by atoms with van der Waals surface area (Å²) >= 11 is 0. The number of ether oxygens (including phenoxy) is 1. The Bertz CT molecular complexity index is 222. The molecule has 0 radical (unpaired) electrons. The monoisotopic (exact) mass is 241 g/mol. The number of rotatable bonds is 5. The lowest BCUT2D eigenvalue weighted by molar-refractivity contribution is 0.0536. The second kappa shape index (κ2) is 6.72. The third-order valence-corrected chi connectivity index (χ3v) is 4.40. The van der Waals surface area contributed by atoms with Gasteiger partial charge in [0.05, 0.1) is 12.2 Å². The molecule has 2 N–H and O–H groups in total. The number of hydrogen-bond acceptors (Lipinski definition) is 3. The van der Waals surface area contributed by atoms with Crippen LogP contribution in [0.1, 0.15) is 45.4 Å². The van der Waals surface area contributed by atoms with Gasteiger partial charge in [0.1, 0.15) is 0 Å². The molecule has 0 aromatic carbocycles. The van der Waals surface area contributed by atoms with E-state index in [1.54, 1.807) is 0 Å². The summed E-state index contributed by atoms with van der Waals surface area (Å²) in [6.07, 6.45) is 8.38. The van der Waals surface area contributed by atoms with Gasteiger partial charge in [0.25, 0.3) is 0 Å². The largest absolute Gasteiger partial charge is 0.396 e. The van der Waals surface area contributed by atoms with E-state index in [-0.39, 0.29) is 0 Å². The summed E-state index contributed by atoms with van der Waals surface area (Å²) in [6, 6.07) is 0. The zero-order valence-electron chi connectivity index (χ0n) is 11.0. The van der Waals surface area contributed by atoms with Crippen molar-refractivity contribution in [2.45, 2.75) is 57.7 Å². The average Bonchev–Trinajstić information content (AvgIpc) is 2.76. The fourth-order valence-electron chi connectivity index (χ4n) is 3.26. The van der Waals surface area contributed by atoms with Gasteiger partial charge in [-0.15, -0.1) is 0 Å². The highest BCUT2D eigenvalue weighted by Gasteiger charge is 2.25. The van der Waals surface area contributed by atoms with Crippen LogP contribution < -0.4 is 5.32 Å². The van der Waals surface area contributed by atoms with Gasteiger partial charge in [-0.05, 0) is 51.0 Å². The van der Waals surface area contributed by atoms with Crippen LogP contribution in [0.4, 0.5) is 0 Å². The van der Waals surface area contributed by atoms with Gasteiger partial charge >= 0.3 is 0 Å². The van der Waals surface area contributed by atoms with E-state index in [0.29, 0.717) is 30.7 Å². The molecule has 17 heavy (non-hydrogen) atoms. The fraction of sp³-hybridized carbons (Fsp3) is 1.00. The van der Waals surface area contributed by atoms with Crippen LogP contribution in [0.2, 0.25) is 0 Å². The van der Waals surface area contributed by atoms with Crippen molar-refractivity contribution in [3.05, 3.63) is 0 Å². The van der Waals surface area contributed by atoms with Crippen molar-refractivity contribution in [3.63, 3.8) is 0 Å². The molecular weight excluding hydrogens is 214 g/mol. The molecule has 0 amide bonds. The Morgan fingerprint density at radius 1 is 1.06 bits per heavy atom. The van der Waals surface area contributed by atoms with Gasteiger partial charge in [0, 0.05) is 13.2 Å². The van der Waals surface area contributed by atoms with Crippen molar-refractivity contribution in [1.29, 1.82) is 0 Å². The summed E-state index contributed by atoms with van der Waals surface area (Å²) < 4.78 is 5.79. The number of aliphatic hydroxyl groups is 1. The van der Waals surface area contributed by atoms with E-state index in [1.807, 2.05) is 0 Å². The summed E-state index contributed by atoms with van der Waals surface area (Å²) in [4.78, 5) is 0. The average molecular weight is 241 g/mol. The predicted molar refractivity (Wildman–Crippen MR) is 69.0 cm³/mol. The van der Waals surface area contributed by atoms with E-state index < -0.39 is 0 Å². The molecule has 1 aliphatic heterocycles. The minimum absolute atomic E-state index is 0.364. The van der Waals surface area contributed by atoms with Crippen molar-refractivity contribution >= 4 is 0 Å². The van der Waals surface area contributed by atoms with E-state index in [9.17, 15) is 5.11 Å². The zero-order chi connectivity index (χ0) is 12.1. The third-order valence-electron chi connectivity index (χ3n) is 4.40. The highest BCUT2D eigenvalue weighted by atomic mass is 16.5. The van der Waals surface area contributed by atoms with Crippen LogP contribution in [0, 0.1) is 11.8 Å². The molecule has 2 fully saturated rings. The first kappa shape index (κ1) is 13.3. The fourth-order valence-corrected chi connectivity index (χ4v) is 3.26. The first-order valence-electron chi connectivity index (χ1n) is 7.26. The molecule has 0 spiro atoms. The van der Waals surface area contributed by atoms with Crippen LogP contribution in [-0.4, -0.2) is 37.0 Å². The molecule has 2 rings (SSSR count). The quantitative estimate of drug-likeness (QED) is 0.773. The van der Waals surface area contributed by atoms with Gasteiger partial charge in [0.15, 0.2) is 0 Å². The molecule has 1 saturated heterocycles. The topological polar surface area (TPSA) is 41.5 Å². The predicted octanol–water partition coefficient (Wildman–Crippen LogP) is 1.94. The molecule has 1 aliphatic carbocycles. The first-order chi connectivity index (χ1) is 8.29. The van der Waals surface area contributed by atoms with Gasteiger partial charge in [-0.25, -0.2) is 0 Å². The normalized spacial score (nSPS) is 38.5. The van der Waals surface area contributed by atoms with Gasteiger partial charge in [-0.1, -0.05) is 12.8 Å². The molecule has 2 aliphatic rings. The van der Waals surface area contributed by atoms with Gasteiger partial charge in [0.2, 0.25) is 0 Å². The summed E-state index contributed by atoms with van der Waals surface area (Å²) in [7, 11) is 0. The van der Waals surface area contributed by atoms with Crippen LogP contribution in [0.3, 0.4) is 0 Å². The lowest BCUT2D eigenvalue weighted by Gasteiger charge is -2.30. The Hall–Kier alpha value is -0.120. The Kier molecular flexibility index (Phi) is 5.26. The molecule has 3 nitrogen and oxygen atoms in total. The highest BCUT2D eigenvalue weighted by molar-refractivity contribution is 4.78. The maximum absolute atomic E-state index is 9.35. The molecule has 1 saturated carbocycles. The molecule has 0 aromatic heterocycles. The van der Waals surface area contributed by atoms with Crippen molar-refractivity contribution in [2.24, 2.45) is 11.8 Å². The van der Waals surface area contributed by atoms with Gasteiger partial charge < -0.3 is 15.2 Å². The summed E-state index contributed by atoms with van der Waals surface area (Å²) in [5, 5.41) is 12.9.